The highest BCUT2D eigenvalue weighted by atomic mass is 32.2. The van der Waals surface area contributed by atoms with Crippen molar-refractivity contribution in [3.63, 3.8) is 0 Å². The van der Waals surface area contributed by atoms with Crippen molar-refractivity contribution in [2.75, 3.05) is 7.11 Å². The molecule has 1 amide bonds. The quantitative estimate of drug-likeness (QED) is 0.652. The molecule has 0 radical (unpaired) electrons. The molecule has 0 aromatic heterocycles. The average Bonchev–Trinajstić information content (AvgIpc) is 2.88. The highest BCUT2D eigenvalue weighted by Crippen LogP contribution is 2.33. The van der Waals surface area contributed by atoms with E-state index in [0.29, 0.717) is 0 Å². The molecule has 0 spiro atoms. The first kappa shape index (κ1) is 17.2. The minimum atomic E-state index is -4.05. The number of sulfonamides is 1. The second-order valence-corrected chi connectivity index (χ2v) is 7.99. The summed E-state index contributed by atoms with van der Waals surface area (Å²) < 4.78 is 31.4. The molecule has 3 aromatic rings. The van der Waals surface area contributed by atoms with Crippen LogP contribution >= 0.6 is 0 Å². The van der Waals surface area contributed by atoms with Crippen LogP contribution in [0.1, 0.15) is 26.3 Å². The number of esters is 1. The van der Waals surface area contributed by atoms with Gasteiger partial charge in [0.05, 0.1) is 24.8 Å². The zero-order valence-corrected chi connectivity index (χ0v) is 15.2. The van der Waals surface area contributed by atoms with E-state index < -0.39 is 21.9 Å². The van der Waals surface area contributed by atoms with Crippen LogP contribution in [0.3, 0.4) is 0 Å². The zero-order valence-electron chi connectivity index (χ0n) is 14.4. The topological polar surface area (TPSA) is 80.8 Å². The summed E-state index contributed by atoms with van der Waals surface area (Å²) in [5.74, 6) is -1.26. The van der Waals surface area contributed by atoms with E-state index in [2.05, 4.69) is 4.74 Å². The Morgan fingerprint density at radius 2 is 1.78 bits per heavy atom. The Morgan fingerprint density at radius 1 is 1.04 bits per heavy atom. The molecule has 0 bridgehead atoms. The zero-order chi connectivity index (χ0) is 19.2. The molecule has 1 aliphatic rings. The average molecular weight is 381 g/mol. The summed E-state index contributed by atoms with van der Waals surface area (Å²) in [6, 6.07) is 17.1. The maximum absolute atomic E-state index is 13.0. The predicted molar refractivity (Wildman–Crippen MR) is 98.8 cm³/mol. The van der Waals surface area contributed by atoms with Crippen LogP contribution in [-0.4, -0.2) is 31.7 Å². The molecule has 1 aliphatic heterocycles. The Hall–Kier alpha value is -3.19. The number of amides is 1. The van der Waals surface area contributed by atoms with Gasteiger partial charge in [0.1, 0.15) is 4.90 Å². The van der Waals surface area contributed by atoms with Gasteiger partial charge in [-0.1, -0.05) is 42.5 Å². The van der Waals surface area contributed by atoms with Gasteiger partial charge in [0, 0.05) is 0 Å². The van der Waals surface area contributed by atoms with Crippen LogP contribution in [0.25, 0.3) is 10.8 Å². The second kappa shape index (κ2) is 6.21. The predicted octanol–water partition coefficient (Wildman–Crippen LogP) is 2.97. The number of methoxy groups -OCH3 is 1. The van der Waals surface area contributed by atoms with Crippen LogP contribution < -0.4 is 0 Å². The lowest BCUT2D eigenvalue weighted by molar-refractivity contribution is 0.0600. The number of ether oxygens (including phenoxy) is 1. The van der Waals surface area contributed by atoms with Gasteiger partial charge in [0.2, 0.25) is 0 Å². The highest BCUT2D eigenvalue weighted by Gasteiger charge is 2.41. The van der Waals surface area contributed by atoms with E-state index in [1.54, 1.807) is 6.07 Å². The third-order valence-corrected chi connectivity index (χ3v) is 6.39. The molecule has 7 heteroatoms. The van der Waals surface area contributed by atoms with Gasteiger partial charge in [-0.05, 0) is 34.5 Å². The smallest absolute Gasteiger partial charge is 0.337 e. The van der Waals surface area contributed by atoms with E-state index in [1.807, 2.05) is 36.4 Å². The van der Waals surface area contributed by atoms with Gasteiger partial charge in [0.15, 0.2) is 0 Å². The number of hydrogen-bond donors (Lipinski definition) is 0. The summed E-state index contributed by atoms with van der Waals surface area (Å²) in [5, 5.41) is 1.85. The van der Waals surface area contributed by atoms with Crippen LogP contribution in [0.5, 0.6) is 0 Å². The summed E-state index contributed by atoms with van der Waals surface area (Å²) in [6.45, 7) is -0.0786. The molecule has 0 N–H and O–H groups in total. The van der Waals surface area contributed by atoms with Crippen molar-refractivity contribution in [1.82, 2.24) is 4.31 Å². The first-order valence-electron chi connectivity index (χ1n) is 8.19. The van der Waals surface area contributed by atoms with E-state index in [0.717, 1.165) is 20.6 Å². The molecule has 136 valence electrons. The number of fused-ring (bicyclic) bond motifs is 2. The molecule has 0 saturated heterocycles. The first-order valence-corrected chi connectivity index (χ1v) is 9.63. The lowest BCUT2D eigenvalue weighted by Crippen LogP contribution is -2.29. The molecular weight excluding hydrogens is 366 g/mol. The highest BCUT2D eigenvalue weighted by molar-refractivity contribution is 7.90. The number of carbonyl (C=O) groups is 2. The normalized spacial score (nSPS) is 15.0. The fraction of sp³-hybridized carbons (Fsp3) is 0.100. The Bertz CT molecular complexity index is 1190. The number of benzene rings is 3. The Morgan fingerprint density at radius 3 is 2.56 bits per heavy atom. The molecule has 0 fully saturated rings. The van der Waals surface area contributed by atoms with E-state index in [9.17, 15) is 18.0 Å². The van der Waals surface area contributed by atoms with Gasteiger partial charge in [-0.2, -0.15) is 0 Å². The van der Waals surface area contributed by atoms with Crippen molar-refractivity contribution in [2.24, 2.45) is 0 Å². The van der Waals surface area contributed by atoms with Crippen LogP contribution in [0, 0.1) is 0 Å². The fourth-order valence-corrected chi connectivity index (χ4v) is 4.83. The van der Waals surface area contributed by atoms with Gasteiger partial charge in [-0.3, -0.25) is 4.79 Å². The van der Waals surface area contributed by atoms with Crippen molar-refractivity contribution in [1.29, 1.82) is 0 Å². The molecule has 0 atom stereocenters. The van der Waals surface area contributed by atoms with Crippen molar-refractivity contribution >= 4 is 32.7 Å². The molecule has 0 aliphatic carbocycles. The van der Waals surface area contributed by atoms with Crippen molar-refractivity contribution in [2.45, 2.75) is 11.4 Å². The lowest BCUT2D eigenvalue weighted by Gasteiger charge is -2.16. The monoisotopic (exact) mass is 381 g/mol. The molecular formula is C20H15NO5S. The van der Waals surface area contributed by atoms with Crippen molar-refractivity contribution in [3.8, 4) is 0 Å². The lowest BCUT2D eigenvalue weighted by atomic mass is 10.0. The van der Waals surface area contributed by atoms with E-state index >= 15 is 0 Å². The summed E-state index contributed by atoms with van der Waals surface area (Å²) >= 11 is 0. The van der Waals surface area contributed by atoms with Gasteiger partial charge < -0.3 is 4.74 Å². The first-order chi connectivity index (χ1) is 12.9. The minimum Gasteiger partial charge on any atom is -0.465 e. The minimum absolute atomic E-state index is 0.0582. The molecule has 3 aromatic carbocycles. The largest absolute Gasteiger partial charge is 0.465 e. The van der Waals surface area contributed by atoms with E-state index in [1.165, 1.54) is 25.3 Å². The molecule has 6 nitrogen and oxygen atoms in total. The number of rotatable bonds is 3. The molecule has 0 saturated carbocycles. The number of nitrogens with zero attached hydrogens (tertiary/aromatic N) is 1. The SMILES string of the molecule is COC(=O)c1ccc2c(c1)S(=O)(=O)N(Cc1cccc3ccccc13)C2=O. The molecule has 0 unspecified atom stereocenters. The molecule has 27 heavy (non-hydrogen) atoms. The Kier molecular flexibility index (Phi) is 3.96. The van der Waals surface area contributed by atoms with Gasteiger partial charge in [0.25, 0.3) is 15.9 Å². The fourth-order valence-electron chi connectivity index (χ4n) is 3.26. The Labute approximate surface area is 156 Å². The number of carbonyl (C=O) groups excluding carboxylic acids is 2. The van der Waals surface area contributed by atoms with Crippen LogP contribution in [0.2, 0.25) is 0 Å². The summed E-state index contributed by atoms with van der Waals surface area (Å²) in [4.78, 5) is 24.3. The summed E-state index contributed by atoms with van der Waals surface area (Å²) in [6.07, 6.45) is 0. The standard InChI is InChI=1S/C20H15NO5S/c1-26-20(23)14-9-10-17-18(11-14)27(24,25)21(19(17)22)12-15-7-4-6-13-5-2-3-8-16(13)15/h2-11H,12H2,1H3. The number of hydrogen-bond acceptors (Lipinski definition) is 5. The van der Waals surface area contributed by atoms with E-state index in [4.69, 9.17) is 0 Å². The summed E-state index contributed by atoms with van der Waals surface area (Å²) in [5.41, 5.74) is 0.869. The van der Waals surface area contributed by atoms with E-state index in [-0.39, 0.29) is 22.6 Å². The third-order valence-electron chi connectivity index (χ3n) is 4.62. The second-order valence-electron chi connectivity index (χ2n) is 6.16. The van der Waals surface area contributed by atoms with Crippen molar-refractivity contribution < 1.29 is 22.7 Å². The van der Waals surface area contributed by atoms with Gasteiger partial charge in [-0.15, -0.1) is 0 Å². The summed E-state index contributed by atoms with van der Waals surface area (Å²) in [7, 11) is -2.84. The van der Waals surface area contributed by atoms with Crippen LogP contribution in [0.15, 0.2) is 65.6 Å². The maximum atomic E-state index is 13.0. The Balaban J connectivity index is 1.78. The van der Waals surface area contributed by atoms with Gasteiger partial charge in [-0.25, -0.2) is 17.5 Å². The van der Waals surface area contributed by atoms with Gasteiger partial charge >= 0.3 is 5.97 Å². The maximum Gasteiger partial charge on any atom is 0.337 e. The van der Waals surface area contributed by atoms with Crippen LogP contribution in [-0.2, 0) is 21.3 Å². The molecule has 1 heterocycles. The van der Waals surface area contributed by atoms with Crippen molar-refractivity contribution in [3.05, 3.63) is 77.4 Å². The third kappa shape index (κ3) is 2.67. The molecule has 4 rings (SSSR count). The van der Waals surface area contributed by atoms with Crippen LogP contribution in [0.4, 0.5) is 0 Å².